The minimum atomic E-state index is -0.162. The Kier molecular flexibility index (Phi) is 5.35. The number of hydrogen-bond donors (Lipinski definition) is 1. The Morgan fingerprint density at radius 2 is 2.11 bits per heavy atom. The first kappa shape index (κ1) is 17.9. The fourth-order valence-electron chi connectivity index (χ4n) is 2.51. The van der Waals surface area contributed by atoms with Crippen LogP contribution in [0.3, 0.4) is 0 Å². The van der Waals surface area contributed by atoms with Crippen molar-refractivity contribution in [2.45, 2.75) is 11.7 Å². The van der Waals surface area contributed by atoms with Gasteiger partial charge in [-0.25, -0.2) is 0 Å². The Labute approximate surface area is 167 Å². The van der Waals surface area contributed by atoms with E-state index in [0.717, 1.165) is 10.2 Å². The van der Waals surface area contributed by atoms with E-state index in [0.29, 0.717) is 42.1 Å². The first-order valence-corrected chi connectivity index (χ1v) is 9.89. The number of furan rings is 1. The van der Waals surface area contributed by atoms with Gasteiger partial charge in [0.25, 0.3) is 0 Å². The number of amides is 1. The number of nitrogens with zero attached hydrogens (tertiary/aromatic N) is 3. The summed E-state index contributed by atoms with van der Waals surface area (Å²) in [6.45, 7) is 1.52. The fraction of sp³-hybridized carbons (Fsp3) is 0.235. The van der Waals surface area contributed by atoms with E-state index in [4.69, 9.17) is 13.9 Å². The Hall–Kier alpha value is -2.46. The van der Waals surface area contributed by atoms with E-state index < -0.39 is 0 Å². The lowest BCUT2D eigenvalue weighted by Crippen LogP contribution is -2.18. The van der Waals surface area contributed by atoms with Crippen LogP contribution in [0.25, 0.3) is 0 Å². The van der Waals surface area contributed by atoms with Crippen LogP contribution in [0.2, 0.25) is 0 Å². The van der Waals surface area contributed by atoms with E-state index in [1.807, 2.05) is 16.7 Å². The highest BCUT2D eigenvalue weighted by Gasteiger charge is 2.17. The van der Waals surface area contributed by atoms with Crippen molar-refractivity contribution in [2.75, 3.05) is 24.3 Å². The third-order valence-corrected chi connectivity index (χ3v) is 5.36. The van der Waals surface area contributed by atoms with Crippen LogP contribution < -0.4 is 14.8 Å². The molecule has 1 aliphatic heterocycles. The molecule has 27 heavy (non-hydrogen) atoms. The second kappa shape index (κ2) is 8.05. The maximum absolute atomic E-state index is 12.4. The first-order valence-electron chi connectivity index (χ1n) is 8.11. The summed E-state index contributed by atoms with van der Waals surface area (Å²) in [6.07, 6.45) is 3.23. The molecule has 10 heteroatoms. The summed E-state index contributed by atoms with van der Waals surface area (Å²) in [4.78, 5) is 12.4. The SMILES string of the molecule is O=C(CSc1nncn1Cc1ccco1)Nc1cc2c(cc1Br)OCCO2. The van der Waals surface area contributed by atoms with Gasteiger partial charge in [0.15, 0.2) is 16.7 Å². The normalized spacial score (nSPS) is 12.8. The summed E-state index contributed by atoms with van der Waals surface area (Å²) < 4.78 is 19.0. The second-order valence-corrected chi connectivity index (χ2v) is 7.43. The number of benzene rings is 1. The van der Waals surface area contributed by atoms with Gasteiger partial charge in [0.2, 0.25) is 5.91 Å². The summed E-state index contributed by atoms with van der Waals surface area (Å²) in [5.74, 6) is 2.10. The predicted molar refractivity (Wildman–Crippen MR) is 102 cm³/mol. The molecule has 8 nitrogen and oxygen atoms in total. The predicted octanol–water partition coefficient (Wildman–Crippen LogP) is 3.18. The van der Waals surface area contributed by atoms with Crippen molar-refractivity contribution in [3.63, 3.8) is 0 Å². The summed E-state index contributed by atoms with van der Waals surface area (Å²) >= 11 is 4.75. The smallest absolute Gasteiger partial charge is 0.234 e. The third kappa shape index (κ3) is 4.28. The molecule has 0 fully saturated rings. The summed E-state index contributed by atoms with van der Waals surface area (Å²) in [6, 6.07) is 7.24. The lowest BCUT2D eigenvalue weighted by Gasteiger charge is -2.20. The molecule has 1 aromatic carbocycles. The zero-order chi connectivity index (χ0) is 18.6. The Morgan fingerprint density at radius 1 is 1.30 bits per heavy atom. The van der Waals surface area contributed by atoms with Crippen LogP contribution in [-0.4, -0.2) is 39.6 Å². The zero-order valence-electron chi connectivity index (χ0n) is 14.1. The highest BCUT2D eigenvalue weighted by molar-refractivity contribution is 9.10. The van der Waals surface area contributed by atoms with Gasteiger partial charge in [0.05, 0.1) is 24.2 Å². The number of halogens is 1. The second-order valence-electron chi connectivity index (χ2n) is 5.63. The number of thioether (sulfide) groups is 1. The van der Waals surface area contributed by atoms with E-state index in [2.05, 4.69) is 31.4 Å². The molecular weight excluding hydrogens is 436 g/mol. The molecule has 1 aliphatic rings. The van der Waals surface area contributed by atoms with E-state index in [9.17, 15) is 4.79 Å². The molecule has 1 amide bonds. The van der Waals surface area contributed by atoms with Gasteiger partial charge in [-0.1, -0.05) is 11.8 Å². The highest BCUT2D eigenvalue weighted by Crippen LogP contribution is 2.38. The standard InChI is InChI=1S/C17H15BrN4O4S/c18-12-6-14-15(26-5-4-25-14)7-13(12)20-16(23)9-27-17-21-19-10-22(17)8-11-2-1-3-24-11/h1-3,6-7,10H,4-5,8-9H2,(H,20,23). The topological polar surface area (TPSA) is 91.4 Å². The number of ether oxygens (including phenoxy) is 2. The zero-order valence-corrected chi connectivity index (χ0v) is 16.5. The molecule has 0 aliphatic carbocycles. The van der Waals surface area contributed by atoms with Gasteiger partial charge in [-0.3, -0.25) is 4.79 Å². The van der Waals surface area contributed by atoms with Crippen LogP contribution in [0, 0.1) is 0 Å². The molecule has 4 rings (SSSR count). The number of carbonyl (C=O) groups excluding carboxylic acids is 1. The van der Waals surface area contributed by atoms with E-state index in [1.54, 1.807) is 24.7 Å². The number of nitrogens with one attached hydrogen (secondary N) is 1. The van der Waals surface area contributed by atoms with Crippen LogP contribution in [0.4, 0.5) is 5.69 Å². The van der Waals surface area contributed by atoms with Gasteiger partial charge in [0.1, 0.15) is 25.3 Å². The van der Waals surface area contributed by atoms with E-state index in [1.165, 1.54) is 11.8 Å². The lowest BCUT2D eigenvalue weighted by molar-refractivity contribution is -0.113. The molecule has 3 aromatic rings. The molecule has 0 saturated carbocycles. The van der Waals surface area contributed by atoms with Crippen molar-refractivity contribution in [3.8, 4) is 11.5 Å². The van der Waals surface area contributed by atoms with Crippen LogP contribution in [0.15, 0.2) is 50.9 Å². The number of fused-ring (bicyclic) bond motifs is 1. The minimum Gasteiger partial charge on any atom is -0.486 e. The number of anilines is 1. The van der Waals surface area contributed by atoms with Gasteiger partial charge in [-0.15, -0.1) is 10.2 Å². The fourth-order valence-corrected chi connectivity index (χ4v) is 3.65. The Bertz CT molecular complexity index is 945. The van der Waals surface area contributed by atoms with Crippen molar-refractivity contribution in [2.24, 2.45) is 0 Å². The molecule has 0 unspecified atom stereocenters. The van der Waals surface area contributed by atoms with Gasteiger partial charge in [-0.05, 0) is 28.1 Å². The molecule has 1 N–H and O–H groups in total. The first-order chi connectivity index (χ1) is 13.2. The molecular formula is C17H15BrN4O4S. The van der Waals surface area contributed by atoms with Crippen LogP contribution >= 0.6 is 27.7 Å². The third-order valence-electron chi connectivity index (χ3n) is 3.72. The lowest BCUT2D eigenvalue weighted by atomic mass is 10.2. The van der Waals surface area contributed by atoms with Crippen LogP contribution in [0.5, 0.6) is 11.5 Å². The number of rotatable bonds is 6. The van der Waals surface area contributed by atoms with Gasteiger partial charge in [0, 0.05) is 16.6 Å². The monoisotopic (exact) mass is 450 g/mol. The molecule has 0 saturated heterocycles. The van der Waals surface area contributed by atoms with Crippen molar-refractivity contribution in [1.29, 1.82) is 0 Å². The maximum Gasteiger partial charge on any atom is 0.234 e. The Morgan fingerprint density at radius 3 is 2.89 bits per heavy atom. The van der Waals surface area contributed by atoms with Gasteiger partial charge >= 0.3 is 0 Å². The quantitative estimate of drug-likeness (QED) is 0.576. The molecule has 2 aromatic heterocycles. The Balaban J connectivity index is 1.37. The number of aromatic nitrogens is 3. The summed E-state index contributed by atoms with van der Waals surface area (Å²) in [7, 11) is 0. The average Bonchev–Trinajstić information content (AvgIpc) is 3.33. The van der Waals surface area contributed by atoms with Crippen molar-refractivity contribution < 1.29 is 18.7 Å². The minimum absolute atomic E-state index is 0.162. The maximum atomic E-state index is 12.4. The van der Waals surface area contributed by atoms with Gasteiger partial charge < -0.3 is 23.8 Å². The largest absolute Gasteiger partial charge is 0.486 e. The molecule has 3 heterocycles. The van der Waals surface area contributed by atoms with Crippen LogP contribution in [-0.2, 0) is 11.3 Å². The van der Waals surface area contributed by atoms with Crippen molar-refractivity contribution in [1.82, 2.24) is 14.8 Å². The molecule has 0 bridgehead atoms. The molecule has 0 spiro atoms. The average molecular weight is 451 g/mol. The highest BCUT2D eigenvalue weighted by atomic mass is 79.9. The van der Waals surface area contributed by atoms with Gasteiger partial charge in [-0.2, -0.15) is 0 Å². The van der Waals surface area contributed by atoms with Crippen molar-refractivity contribution in [3.05, 3.63) is 47.1 Å². The number of carbonyl (C=O) groups is 1. The molecule has 0 atom stereocenters. The van der Waals surface area contributed by atoms with E-state index >= 15 is 0 Å². The van der Waals surface area contributed by atoms with Crippen LogP contribution in [0.1, 0.15) is 5.76 Å². The summed E-state index contributed by atoms with van der Waals surface area (Å²) in [5.41, 5.74) is 0.627. The summed E-state index contributed by atoms with van der Waals surface area (Å²) in [5, 5.41) is 11.5. The molecule has 140 valence electrons. The van der Waals surface area contributed by atoms with Crippen molar-refractivity contribution >= 4 is 39.3 Å². The molecule has 0 radical (unpaired) electrons. The number of hydrogen-bond acceptors (Lipinski definition) is 7. The van der Waals surface area contributed by atoms with E-state index in [-0.39, 0.29) is 11.7 Å².